The van der Waals surface area contributed by atoms with Gasteiger partial charge in [0, 0.05) is 6.42 Å². The van der Waals surface area contributed by atoms with Gasteiger partial charge >= 0.3 is 5.97 Å². The van der Waals surface area contributed by atoms with E-state index >= 15 is 0 Å². The summed E-state index contributed by atoms with van der Waals surface area (Å²) in [6, 6.07) is -0.934. The molecular formula is C6H7N3O2S. The van der Waals surface area contributed by atoms with Crippen molar-refractivity contribution in [3.8, 4) is 0 Å². The molecule has 12 heavy (non-hydrogen) atoms. The molecule has 64 valence electrons. The first-order valence-corrected chi connectivity index (χ1v) is 3.64. The van der Waals surface area contributed by atoms with E-state index in [1.54, 1.807) is 0 Å². The zero-order valence-electron chi connectivity index (χ0n) is 6.10. The van der Waals surface area contributed by atoms with Crippen molar-refractivity contribution < 1.29 is 9.90 Å². The molecule has 0 spiro atoms. The summed E-state index contributed by atoms with van der Waals surface area (Å²) >= 11 is 4.64. The summed E-state index contributed by atoms with van der Waals surface area (Å²) in [5.41, 5.74) is 5.78. The third-order valence-corrected chi connectivity index (χ3v) is 1.51. The van der Waals surface area contributed by atoms with Gasteiger partial charge in [-0.05, 0) is 12.2 Å². The summed E-state index contributed by atoms with van der Waals surface area (Å²) < 4.78 is 0. The van der Waals surface area contributed by atoms with Crippen LogP contribution < -0.4 is 5.73 Å². The van der Waals surface area contributed by atoms with Gasteiger partial charge in [0.05, 0.1) is 11.9 Å². The Bertz CT molecular complexity index is 285. The number of carboxylic acids is 1. The number of aliphatic carboxylic acids is 1. The van der Waals surface area contributed by atoms with Crippen LogP contribution in [0.1, 0.15) is 6.42 Å². The number of carboxylic acid groups (broad SMARTS) is 1. The third kappa shape index (κ3) is 2.18. The lowest BCUT2D eigenvalue weighted by atomic mass is 10.1. The Kier molecular flexibility index (Phi) is 2.61. The molecule has 1 heterocycles. The highest BCUT2D eigenvalue weighted by Crippen LogP contribution is 1.99. The van der Waals surface area contributed by atoms with Crippen LogP contribution in [-0.2, 0) is 4.79 Å². The molecule has 0 aromatic heterocycles. The number of nitrogens with zero attached hydrogens (tertiary/aromatic N) is 2. The Hall–Kier alpha value is -1.14. The Morgan fingerprint density at radius 2 is 2.50 bits per heavy atom. The average molecular weight is 185 g/mol. The summed E-state index contributed by atoms with van der Waals surface area (Å²) in [7, 11) is 0. The fourth-order valence-corrected chi connectivity index (χ4v) is 0.891. The van der Waals surface area contributed by atoms with Gasteiger partial charge in [0.1, 0.15) is 6.04 Å². The van der Waals surface area contributed by atoms with Crippen LogP contribution in [0.5, 0.6) is 0 Å². The highest BCUT2D eigenvalue weighted by atomic mass is 32.1. The molecule has 0 bridgehead atoms. The van der Waals surface area contributed by atoms with E-state index < -0.39 is 12.0 Å². The minimum atomic E-state index is -1.05. The molecule has 0 radical (unpaired) electrons. The van der Waals surface area contributed by atoms with Crippen molar-refractivity contribution in [1.82, 2.24) is 0 Å². The average Bonchev–Trinajstić information content (AvgIpc) is 2.35. The maximum atomic E-state index is 10.3. The van der Waals surface area contributed by atoms with Crippen LogP contribution in [0.15, 0.2) is 9.98 Å². The Morgan fingerprint density at radius 3 is 2.92 bits per heavy atom. The summed E-state index contributed by atoms with van der Waals surface area (Å²) in [5.74, 6) is -1.05. The van der Waals surface area contributed by atoms with Crippen molar-refractivity contribution in [2.45, 2.75) is 12.5 Å². The maximum absolute atomic E-state index is 10.3. The van der Waals surface area contributed by atoms with E-state index in [0.29, 0.717) is 5.71 Å². The van der Waals surface area contributed by atoms with E-state index in [4.69, 9.17) is 10.8 Å². The van der Waals surface area contributed by atoms with Gasteiger partial charge in [-0.1, -0.05) is 0 Å². The van der Waals surface area contributed by atoms with E-state index in [0.717, 1.165) is 0 Å². The smallest absolute Gasteiger partial charge is 0.320 e. The van der Waals surface area contributed by atoms with E-state index in [1.807, 2.05) is 0 Å². The molecule has 0 fully saturated rings. The van der Waals surface area contributed by atoms with Gasteiger partial charge < -0.3 is 10.8 Å². The zero-order chi connectivity index (χ0) is 9.14. The molecule has 6 heteroatoms. The fourth-order valence-electron chi connectivity index (χ4n) is 0.721. The quantitative estimate of drug-likeness (QED) is 0.585. The lowest BCUT2D eigenvalue weighted by Gasteiger charge is -2.02. The fraction of sp³-hybridized carbons (Fsp3) is 0.333. The Morgan fingerprint density at radius 1 is 1.83 bits per heavy atom. The van der Waals surface area contributed by atoms with Crippen molar-refractivity contribution in [2.24, 2.45) is 15.7 Å². The lowest BCUT2D eigenvalue weighted by Crippen LogP contribution is -2.32. The van der Waals surface area contributed by atoms with Crippen LogP contribution in [0.25, 0.3) is 0 Å². The molecule has 1 atom stereocenters. The third-order valence-electron chi connectivity index (χ3n) is 1.31. The molecule has 1 aliphatic rings. The van der Waals surface area contributed by atoms with Gasteiger partial charge in [-0.3, -0.25) is 4.79 Å². The summed E-state index contributed by atoms with van der Waals surface area (Å²) in [4.78, 5) is 17.8. The molecule has 0 amide bonds. The van der Waals surface area contributed by atoms with Crippen molar-refractivity contribution in [1.29, 1.82) is 0 Å². The second-order valence-electron chi connectivity index (χ2n) is 2.29. The second-order valence-corrected chi connectivity index (χ2v) is 2.66. The largest absolute Gasteiger partial charge is 0.480 e. The van der Waals surface area contributed by atoms with Gasteiger partial charge in [-0.15, -0.1) is 0 Å². The summed E-state index contributed by atoms with van der Waals surface area (Å²) in [6.45, 7) is 0. The first kappa shape index (κ1) is 8.95. The number of aliphatic imine (C=N–C) groups is 2. The van der Waals surface area contributed by atoms with Gasteiger partial charge in [0.15, 0.2) is 0 Å². The summed E-state index contributed by atoms with van der Waals surface area (Å²) in [5, 5.41) is 8.68. The molecule has 0 aromatic rings. The lowest BCUT2D eigenvalue weighted by molar-refractivity contribution is -0.138. The highest BCUT2D eigenvalue weighted by molar-refractivity contribution is 7.80. The number of nitrogens with two attached hydrogens (primary N) is 1. The number of rotatable bonds is 3. The molecule has 0 saturated carbocycles. The van der Waals surface area contributed by atoms with Crippen LogP contribution in [0, 0.1) is 0 Å². The standard InChI is InChI=1S/C6H7N3O2S/c7-4(5(10)11)1-3-2-8-6(12)9-3/h2,4H,1,7H2,(H,10,11)/t4-/m0/s1. The van der Waals surface area contributed by atoms with E-state index in [1.165, 1.54) is 6.21 Å². The van der Waals surface area contributed by atoms with Crippen molar-refractivity contribution >= 4 is 35.2 Å². The topological polar surface area (TPSA) is 88.0 Å². The molecule has 1 rings (SSSR count). The molecule has 0 aromatic carbocycles. The van der Waals surface area contributed by atoms with E-state index in [9.17, 15) is 4.79 Å². The Balaban J connectivity index is 2.53. The van der Waals surface area contributed by atoms with E-state index in [-0.39, 0.29) is 11.5 Å². The van der Waals surface area contributed by atoms with Crippen molar-refractivity contribution in [3.63, 3.8) is 0 Å². The predicted molar refractivity (Wildman–Crippen MR) is 48.8 cm³/mol. The number of carbonyl (C=O) groups is 1. The zero-order valence-corrected chi connectivity index (χ0v) is 6.91. The highest BCUT2D eigenvalue weighted by Gasteiger charge is 2.15. The second kappa shape index (κ2) is 3.51. The minimum Gasteiger partial charge on any atom is -0.480 e. The SMILES string of the molecule is N[C@@H](CC1=NC(=S)N=C1)C(=O)O. The number of thiocarbonyl (C=S) groups is 1. The van der Waals surface area contributed by atoms with Crippen LogP contribution in [0.2, 0.25) is 0 Å². The van der Waals surface area contributed by atoms with Crippen molar-refractivity contribution in [2.75, 3.05) is 0 Å². The number of hydrogen-bond acceptors (Lipinski definition) is 3. The Labute approximate surface area is 74.0 Å². The van der Waals surface area contributed by atoms with Crippen LogP contribution in [-0.4, -0.2) is 34.2 Å². The van der Waals surface area contributed by atoms with E-state index in [2.05, 4.69) is 22.2 Å². The van der Waals surface area contributed by atoms with Gasteiger partial charge in [-0.2, -0.15) is 0 Å². The molecule has 1 aliphatic heterocycles. The van der Waals surface area contributed by atoms with Crippen LogP contribution in [0.3, 0.4) is 0 Å². The van der Waals surface area contributed by atoms with Gasteiger partial charge in [0.2, 0.25) is 5.11 Å². The first-order valence-electron chi connectivity index (χ1n) is 3.23. The molecule has 3 N–H and O–H groups in total. The van der Waals surface area contributed by atoms with Crippen LogP contribution in [0.4, 0.5) is 0 Å². The minimum absolute atomic E-state index is 0.166. The molecule has 0 unspecified atom stereocenters. The normalized spacial score (nSPS) is 17.8. The van der Waals surface area contributed by atoms with Crippen molar-refractivity contribution in [3.05, 3.63) is 0 Å². The molecule has 0 aliphatic carbocycles. The monoisotopic (exact) mass is 185 g/mol. The number of hydrogen-bond donors (Lipinski definition) is 2. The molecule has 5 nitrogen and oxygen atoms in total. The maximum Gasteiger partial charge on any atom is 0.320 e. The van der Waals surface area contributed by atoms with Gasteiger partial charge in [0.25, 0.3) is 0 Å². The molecule has 0 saturated heterocycles. The first-order chi connectivity index (χ1) is 5.59. The summed E-state index contributed by atoms with van der Waals surface area (Å²) in [6.07, 6.45) is 1.60. The molecular weight excluding hydrogens is 178 g/mol. The van der Waals surface area contributed by atoms with Gasteiger partial charge in [-0.25, -0.2) is 9.98 Å². The predicted octanol–water partition coefficient (Wildman–Crippen LogP) is -0.401. The van der Waals surface area contributed by atoms with Crippen LogP contribution >= 0.6 is 12.2 Å².